The van der Waals surface area contributed by atoms with Gasteiger partial charge >= 0.3 is 6.18 Å². The first kappa shape index (κ1) is 26.3. The van der Waals surface area contributed by atoms with Gasteiger partial charge in [0.25, 0.3) is 0 Å². The van der Waals surface area contributed by atoms with Gasteiger partial charge in [-0.05, 0) is 31.2 Å². The van der Waals surface area contributed by atoms with Crippen molar-refractivity contribution in [1.29, 1.82) is 0 Å². The second kappa shape index (κ2) is 9.48. The van der Waals surface area contributed by atoms with E-state index < -0.39 is 22.4 Å². The van der Waals surface area contributed by atoms with Crippen LogP contribution in [0.15, 0.2) is 41.4 Å². The average molecular weight is 548 g/mol. The molecule has 38 heavy (non-hydrogen) atoms. The third kappa shape index (κ3) is 4.93. The smallest absolute Gasteiger partial charge is 0.394 e. The number of anilines is 1. The zero-order chi connectivity index (χ0) is 27.3. The van der Waals surface area contributed by atoms with E-state index in [4.69, 9.17) is 4.74 Å². The van der Waals surface area contributed by atoms with E-state index in [0.29, 0.717) is 17.1 Å². The van der Waals surface area contributed by atoms with E-state index in [-0.39, 0.29) is 34.3 Å². The maximum absolute atomic E-state index is 13.5. The van der Waals surface area contributed by atoms with E-state index in [0.717, 1.165) is 31.5 Å². The van der Waals surface area contributed by atoms with Crippen molar-refractivity contribution in [3.05, 3.63) is 53.5 Å². The molecule has 2 N–H and O–H groups in total. The Bertz CT molecular complexity index is 1550. The number of rotatable bonds is 6. The van der Waals surface area contributed by atoms with Crippen molar-refractivity contribution in [1.82, 2.24) is 19.6 Å². The molecule has 202 valence electrons. The largest absolute Gasteiger partial charge is 0.495 e. The van der Waals surface area contributed by atoms with Crippen molar-refractivity contribution in [3.63, 3.8) is 0 Å². The molecule has 8 nitrogen and oxygen atoms in total. The molecule has 2 aliphatic rings. The van der Waals surface area contributed by atoms with Gasteiger partial charge in [-0.1, -0.05) is 12.0 Å². The van der Waals surface area contributed by atoms with Crippen molar-refractivity contribution in [2.75, 3.05) is 51.9 Å². The lowest BCUT2D eigenvalue weighted by Crippen LogP contribution is -2.71. The van der Waals surface area contributed by atoms with Crippen LogP contribution in [0.25, 0.3) is 5.65 Å². The van der Waals surface area contributed by atoms with Gasteiger partial charge in [0.15, 0.2) is 9.84 Å². The minimum atomic E-state index is -4.43. The van der Waals surface area contributed by atoms with Gasteiger partial charge in [0.1, 0.15) is 17.1 Å². The monoisotopic (exact) mass is 547 g/mol. The summed E-state index contributed by atoms with van der Waals surface area (Å²) >= 11 is 0. The normalized spacial score (nSPS) is 18.9. The number of nitrogens with one attached hydrogen (secondary N) is 2. The summed E-state index contributed by atoms with van der Waals surface area (Å²) in [5.41, 5.74) is 2.01. The molecule has 2 aliphatic heterocycles. The summed E-state index contributed by atoms with van der Waals surface area (Å²) in [6, 6.07) is 8.10. The number of hydrogen-bond donors (Lipinski definition) is 2. The first-order valence-electron chi connectivity index (χ1n) is 12.0. The fourth-order valence-corrected chi connectivity index (χ4v) is 6.03. The highest BCUT2D eigenvalue weighted by Crippen LogP contribution is 2.48. The van der Waals surface area contributed by atoms with Gasteiger partial charge < -0.3 is 24.7 Å². The van der Waals surface area contributed by atoms with Crippen LogP contribution in [0.1, 0.15) is 23.0 Å². The predicted molar refractivity (Wildman–Crippen MR) is 137 cm³/mol. The zero-order valence-corrected chi connectivity index (χ0v) is 22.0. The maximum atomic E-state index is 13.5. The quantitative estimate of drug-likeness (QED) is 0.459. The van der Waals surface area contributed by atoms with Crippen LogP contribution in [0.2, 0.25) is 0 Å². The number of sulfone groups is 1. The number of hydrogen-bond acceptors (Lipinski definition) is 7. The third-order valence-electron chi connectivity index (χ3n) is 7.07. The standard InChI is InChI=1S/C26H28F3N5O3S/c1-33-15-25(16-33)14-31-23(25)18-6-5-11-34-21(13-26(27,28)29)19(32-24(18)34)7-4-10-30-20-9-8-17(38(3,35)36)12-22(20)37-2/h5-6,8-9,11-12,23,30-31H,10,13-16H2,1-3H3/t23-/m0/s1. The topological polar surface area (TPSA) is 88.0 Å². The molecule has 5 rings (SSSR count). The molecule has 3 aromatic rings. The Hall–Kier alpha value is -3.27. The SMILES string of the molecule is COc1cc(S(C)(=O)=O)ccc1NCC#Cc1nc2c([C@@H]3NCC34CN(C)C4)cccn2c1CC(F)(F)F. The number of fused-ring (bicyclic) bond motifs is 1. The molecule has 1 atom stereocenters. The van der Waals surface area contributed by atoms with Gasteiger partial charge in [-0.3, -0.25) is 0 Å². The van der Waals surface area contributed by atoms with Gasteiger partial charge in [-0.2, -0.15) is 13.2 Å². The molecule has 2 aromatic heterocycles. The van der Waals surface area contributed by atoms with E-state index >= 15 is 0 Å². The fraction of sp³-hybridized carbons (Fsp3) is 0.423. The Kier molecular flexibility index (Phi) is 6.57. The van der Waals surface area contributed by atoms with Gasteiger partial charge in [-0.15, -0.1) is 0 Å². The highest BCUT2D eigenvalue weighted by atomic mass is 32.2. The van der Waals surface area contributed by atoms with E-state index in [1.807, 2.05) is 6.07 Å². The van der Waals surface area contributed by atoms with Gasteiger partial charge in [0.2, 0.25) is 0 Å². The zero-order valence-electron chi connectivity index (χ0n) is 21.2. The maximum Gasteiger partial charge on any atom is 0.394 e. The number of ether oxygens (including phenoxy) is 1. The van der Waals surface area contributed by atoms with Crippen molar-refractivity contribution < 1.29 is 26.3 Å². The van der Waals surface area contributed by atoms with Gasteiger partial charge in [-0.25, -0.2) is 13.4 Å². The number of nitrogens with zero attached hydrogens (tertiary/aromatic N) is 3. The Labute approximate surface area is 219 Å². The van der Waals surface area contributed by atoms with Crippen LogP contribution in [-0.2, 0) is 16.3 Å². The summed E-state index contributed by atoms with van der Waals surface area (Å²) in [6.45, 7) is 2.80. The van der Waals surface area contributed by atoms with Crippen molar-refractivity contribution in [2.45, 2.75) is 23.5 Å². The van der Waals surface area contributed by atoms with Crippen molar-refractivity contribution in [2.24, 2.45) is 5.41 Å². The molecule has 1 aromatic carbocycles. The molecule has 4 heterocycles. The lowest BCUT2D eigenvalue weighted by molar-refractivity contribution is -0.128. The number of alkyl halides is 3. The number of aromatic nitrogens is 2. The van der Waals surface area contributed by atoms with Gasteiger partial charge in [0, 0.05) is 55.2 Å². The number of imidazole rings is 1. The van der Waals surface area contributed by atoms with Crippen LogP contribution in [0.4, 0.5) is 18.9 Å². The molecule has 2 saturated heterocycles. The summed E-state index contributed by atoms with van der Waals surface area (Å²) in [4.78, 5) is 6.91. The molecule has 1 spiro atoms. The van der Waals surface area contributed by atoms with Crippen molar-refractivity contribution >= 4 is 21.2 Å². The third-order valence-corrected chi connectivity index (χ3v) is 8.18. The van der Waals surface area contributed by atoms with E-state index in [2.05, 4.69) is 39.4 Å². The van der Waals surface area contributed by atoms with Crippen molar-refractivity contribution in [3.8, 4) is 17.6 Å². The van der Waals surface area contributed by atoms with Crippen LogP contribution in [0.5, 0.6) is 5.75 Å². The van der Waals surface area contributed by atoms with E-state index in [1.54, 1.807) is 18.3 Å². The molecule has 0 unspecified atom stereocenters. The average Bonchev–Trinajstić information content (AvgIpc) is 3.15. The molecule has 0 bridgehead atoms. The lowest BCUT2D eigenvalue weighted by atomic mass is 9.65. The Balaban J connectivity index is 1.44. The Morgan fingerprint density at radius 1 is 1.29 bits per heavy atom. The minimum absolute atomic E-state index is 0.00367. The number of benzene rings is 1. The summed E-state index contributed by atoms with van der Waals surface area (Å²) in [5, 5.41) is 6.47. The van der Waals surface area contributed by atoms with Crippen LogP contribution < -0.4 is 15.4 Å². The summed E-state index contributed by atoms with van der Waals surface area (Å²) in [5.74, 6) is 5.98. The first-order valence-corrected chi connectivity index (χ1v) is 13.9. The molecule has 2 fully saturated rings. The number of methoxy groups -OCH3 is 1. The second-order valence-corrected chi connectivity index (χ2v) is 12.0. The predicted octanol–water partition coefficient (Wildman–Crippen LogP) is 2.89. The Morgan fingerprint density at radius 2 is 2.05 bits per heavy atom. The number of pyridine rings is 1. The number of halogens is 3. The van der Waals surface area contributed by atoms with Crippen LogP contribution >= 0.6 is 0 Å². The van der Waals surface area contributed by atoms with E-state index in [9.17, 15) is 21.6 Å². The Morgan fingerprint density at radius 3 is 2.66 bits per heavy atom. The highest BCUT2D eigenvalue weighted by Gasteiger charge is 2.54. The summed E-state index contributed by atoms with van der Waals surface area (Å²) < 4.78 is 71.0. The van der Waals surface area contributed by atoms with E-state index in [1.165, 1.54) is 23.6 Å². The highest BCUT2D eigenvalue weighted by molar-refractivity contribution is 7.90. The summed E-state index contributed by atoms with van der Waals surface area (Å²) in [7, 11) is 0.0596. The summed E-state index contributed by atoms with van der Waals surface area (Å²) in [6.07, 6.45) is -2.88. The number of likely N-dealkylation sites (tertiary alicyclic amines) is 1. The van der Waals surface area contributed by atoms with Crippen LogP contribution in [0, 0.1) is 17.3 Å². The molecule has 0 radical (unpaired) electrons. The molecular formula is C26H28F3N5O3S. The lowest BCUT2D eigenvalue weighted by Gasteiger charge is -2.60. The fourth-order valence-electron chi connectivity index (χ4n) is 5.39. The second-order valence-electron chi connectivity index (χ2n) is 9.99. The molecule has 12 heteroatoms. The molecular weight excluding hydrogens is 519 g/mol. The first-order chi connectivity index (χ1) is 17.9. The van der Waals surface area contributed by atoms with Crippen LogP contribution in [-0.4, -0.2) is 75.5 Å². The molecule has 0 amide bonds. The molecule has 0 aliphatic carbocycles. The van der Waals surface area contributed by atoms with Crippen LogP contribution in [0.3, 0.4) is 0 Å². The molecule has 0 saturated carbocycles. The minimum Gasteiger partial charge on any atom is -0.495 e. The van der Waals surface area contributed by atoms with Gasteiger partial charge in [0.05, 0.1) is 36.4 Å².